The van der Waals surface area contributed by atoms with Crippen molar-refractivity contribution in [3.63, 3.8) is 0 Å². The number of carbonyl (C=O) groups excluding carboxylic acids is 1. The fraction of sp³-hybridized carbons (Fsp3) is 0.562. The molecule has 0 saturated carbocycles. The topological polar surface area (TPSA) is 70.2 Å². The highest BCUT2D eigenvalue weighted by atomic mass is 32.2. The van der Waals surface area contributed by atoms with Crippen LogP contribution in [0.4, 0.5) is 4.39 Å². The largest absolute Gasteiger partial charge is 0.495 e. The van der Waals surface area contributed by atoms with Crippen LogP contribution in [0.3, 0.4) is 0 Å². The molecule has 1 aliphatic rings. The van der Waals surface area contributed by atoms with Crippen molar-refractivity contribution in [2.24, 2.45) is 0 Å². The van der Waals surface area contributed by atoms with Gasteiger partial charge in [-0.2, -0.15) is 4.31 Å². The molecule has 25 heavy (non-hydrogen) atoms. The Balaban J connectivity index is 2.10. The molecule has 9 heteroatoms. The van der Waals surface area contributed by atoms with E-state index in [1.807, 2.05) is 0 Å². The summed E-state index contributed by atoms with van der Waals surface area (Å²) < 4.78 is 44.8. The molecule has 1 fully saturated rings. The minimum absolute atomic E-state index is 0.0391. The third-order valence-corrected chi connectivity index (χ3v) is 6.17. The number of rotatable bonds is 6. The Bertz CT molecular complexity index is 718. The number of amides is 1. The lowest BCUT2D eigenvalue weighted by Crippen LogP contribution is -2.51. The van der Waals surface area contributed by atoms with Gasteiger partial charge in [0.15, 0.2) is 0 Å². The molecule has 1 aliphatic heterocycles. The van der Waals surface area contributed by atoms with Crippen LogP contribution in [-0.2, 0) is 14.8 Å². The summed E-state index contributed by atoms with van der Waals surface area (Å²) in [4.78, 5) is 16.0. The molecule has 0 aliphatic carbocycles. The maximum absolute atomic E-state index is 13.5. The van der Waals surface area contributed by atoms with Gasteiger partial charge >= 0.3 is 0 Å². The normalized spacial score (nSPS) is 16.3. The number of sulfonamides is 1. The maximum atomic E-state index is 13.5. The van der Waals surface area contributed by atoms with Gasteiger partial charge in [0.25, 0.3) is 0 Å². The van der Waals surface area contributed by atoms with Crippen molar-refractivity contribution in [2.75, 3.05) is 53.4 Å². The zero-order valence-electron chi connectivity index (χ0n) is 14.7. The second-order valence-electron chi connectivity index (χ2n) is 5.87. The molecule has 140 valence electrons. The van der Waals surface area contributed by atoms with Crippen molar-refractivity contribution in [2.45, 2.75) is 11.8 Å². The van der Waals surface area contributed by atoms with Gasteiger partial charge in [-0.05, 0) is 24.7 Å². The molecule has 1 aromatic rings. The van der Waals surface area contributed by atoms with E-state index in [1.165, 1.54) is 20.2 Å². The molecule has 0 aromatic heterocycles. The molecule has 0 N–H and O–H groups in total. The fourth-order valence-corrected chi connectivity index (χ4v) is 3.99. The Labute approximate surface area is 148 Å². The third-order valence-electron chi connectivity index (χ3n) is 4.34. The van der Waals surface area contributed by atoms with Gasteiger partial charge in [0.2, 0.25) is 15.9 Å². The van der Waals surface area contributed by atoms with Gasteiger partial charge in [-0.3, -0.25) is 4.79 Å². The van der Waals surface area contributed by atoms with Crippen LogP contribution in [0.1, 0.15) is 6.92 Å². The van der Waals surface area contributed by atoms with Crippen LogP contribution in [0.2, 0.25) is 0 Å². The summed E-state index contributed by atoms with van der Waals surface area (Å²) in [5.74, 6) is -0.913. The van der Waals surface area contributed by atoms with Crippen LogP contribution < -0.4 is 4.74 Å². The van der Waals surface area contributed by atoms with Gasteiger partial charge in [0, 0.05) is 33.2 Å². The van der Waals surface area contributed by atoms with Crippen molar-refractivity contribution in [1.82, 2.24) is 14.1 Å². The predicted molar refractivity (Wildman–Crippen MR) is 91.5 cm³/mol. The van der Waals surface area contributed by atoms with E-state index in [1.54, 1.807) is 4.90 Å². The monoisotopic (exact) mass is 373 g/mol. The fourth-order valence-electron chi connectivity index (χ4n) is 2.71. The highest BCUT2D eigenvalue weighted by Gasteiger charge is 2.29. The van der Waals surface area contributed by atoms with E-state index in [4.69, 9.17) is 4.74 Å². The molecule has 0 bridgehead atoms. The Morgan fingerprint density at radius 3 is 2.48 bits per heavy atom. The summed E-state index contributed by atoms with van der Waals surface area (Å²) in [5.41, 5.74) is 0. The van der Waals surface area contributed by atoms with Gasteiger partial charge in [-0.15, -0.1) is 0 Å². The van der Waals surface area contributed by atoms with Crippen LogP contribution in [0, 0.1) is 5.82 Å². The van der Waals surface area contributed by atoms with Crippen LogP contribution in [0.5, 0.6) is 5.75 Å². The number of likely N-dealkylation sites (N-methyl/N-ethyl adjacent to an activating group) is 2. The molecular weight excluding hydrogens is 349 g/mol. The third kappa shape index (κ3) is 4.47. The van der Waals surface area contributed by atoms with E-state index in [2.05, 4.69) is 11.8 Å². The maximum Gasteiger partial charge on any atom is 0.247 e. The molecule has 1 amide bonds. The molecular formula is C16H24FN3O4S. The van der Waals surface area contributed by atoms with Crippen LogP contribution in [0.25, 0.3) is 0 Å². The number of nitrogens with zero attached hydrogens (tertiary/aromatic N) is 3. The molecule has 0 radical (unpaired) electrons. The standard InChI is InChI=1S/C16H24FN3O4S/c1-4-19-7-9-20(10-8-19)16(21)12-18(2)25(22,23)15-11-13(17)5-6-14(15)24-3/h5-6,11H,4,7-10,12H2,1-3H3. The first-order valence-electron chi connectivity index (χ1n) is 8.09. The zero-order chi connectivity index (χ0) is 18.6. The highest BCUT2D eigenvalue weighted by Crippen LogP contribution is 2.26. The van der Waals surface area contributed by atoms with E-state index < -0.39 is 15.8 Å². The average Bonchev–Trinajstić information content (AvgIpc) is 2.61. The summed E-state index contributed by atoms with van der Waals surface area (Å²) in [5, 5.41) is 0. The predicted octanol–water partition coefficient (Wildman–Crippen LogP) is 0.619. The molecule has 0 unspecified atom stereocenters. The molecule has 0 atom stereocenters. The smallest absolute Gasteiger partial charge is 0.247 e. The van der Waals surface area contributed by atoms with Gasteiger partial charge < -0.3 is 14.5 Å². The Morgan fingerprint density at radius 2 is 1.92 bits per heavy atom. The lowest BCUT2D eigenvalue weighted by molar-refractivity contribution is -0.132. The minimum atomic E-state index is -4.04. The van der Waals surface area contributed by atoms with Crippen LogP contribution in [0.15, 0.2) is 23.1 Å². The van der Waals surface area contributed by atoms with E-state index in [9.17, 15) is 17.6 Å². The second-order valence-corrected chi connectivity index (χ2v) is 7.88. The summed E-state index contributed by atoms with van der Waals surface area (Å²) in [7, 11) is -1.43. The van der Waals surface area contributed by atoms with Crippen molar-refractivity contribution in [1.29, 1.82) is 0 Å². The van der Waals surface area contributed by atoms with Crippen molar-refractivity contribution >= 4 is 15.9 Å². The molecule has 1 saturated heterocycles. The Hall–Kier alpha value is -1.71. The van der Waals surface area contributed by atoms with Crippen molar-refractivity contribution < 1.29 is 22.3 Å². The number of halogens is 1. The van der Waals surface area contributed by atoms with E-state index in [0.29, 0.717) is 13.1 Å². The number of hydrogen-bond donors (Lipinski definition) is 0. The lowest BCUT2D eigenvalue weighted by atomic mass is 10.3. The van der Waals surface area contributed by atoms with Gasteiger partial charge in [-0.1, -0.05) is 6.92 Å². The summed E-state index contributed by atoms with van der Waals surface area (Å²) in [6.07, 6.45) is 0. The van der Waals surface area contributed by atoms with Gasteiger partial charge in [0.05, 0.1) is 13.7 Å². The number of benzene rings is 1. The lowest BCUT2D eigenvalue weighted by Gasteiger charge is -2.34. The molecule has 1 heterocycles. The zero-order valence-corrected chi connectivity index (χ0v) is 15.6. The summed E-state index contributed by atoms with van der Waals surface area (Å²) in [6.45, 7) is 5.38. The first kappa shape index (κ1) is 19.6. The molecule has 2 rings (SSSR count). The summed E-state index contributed by atoms with van der Waals surface area (Å²) >= 11 is 0. The first-order valence-corrected chi connectivity index (χ1v) is 9.53. The van der Waals surface area contributed by atoms with Crippen LogP contribution in [-0.4, -0.2) is 81.9 Å². The number of hydrogen-bond acceptors (Lipinski definition) is 5. The number of carbonyl (C=O) groups is 1. The van der Waals surface area contributed by atoms with Gasteiger partial charge in [-0.25, -0.2) is 12.8 Å². The number of piperazine rings is 1. The Morgan fingerprint density at radius 1 is 1.28 bits per heavy atom. The summed E-state index contributed by atoms with van der Waals surface area (Å²) in [6, 6.07) is 3.27. The van der Waals surface area contributed by atoms with Crippen LogP contribution >= 0.6 is 0 Å². The van der Waals surface area contributed by atoms with E-state index >= 15 is 0 Å². The van der Waals surface area contributed by atoms with Crippen molar-refractivity contribution in [3.05, 3.63) is 24.0 Å². The highest BCUT2D eigenvalue weighted by molar-refractivity contribution is 7.89. The number of ether oxygens (including phenoxy) is 1. The van der Waals surface area contributed by atoms with E-state index in [-0.39, 0.29) is 23.1 Å². The molecule has 1 aromatic carbocycles. The van der Waals surface area contributed by atoms with Crippen molar-refractivity contribution in [3.8, 4) is 5.75 Å². The van der Waals surface area contributed by atoms with E-state index in [0.717, 1.165) is 36.1 Å². The number of methoxy groups -OCH3 is 1. The minimum Gasteiger partial charge on any atom is -0.495 e. The second kappa shape index (κ2) is 8.11. The molecule has 0 spiro atoms. The SMILES string of the molecule is CCN1CCN(C(=O)CN(C)S(=O)(=O)c2cc(F)ccc2OC)CC1. The Kier molecular flexibility index (Phi) is 6.36. The average molecular weight is 373 g/mol. The van der Waals surface area contributed by atoms with Gasteiger partial charge in [0.1, 0.15) is 16.5 Å². The quantitative estimate of drug-likeness (QED) is 0.731. The molecule has 7 nitrogen and oxygen atoms in total. The first-order chi connectivity index (χ1) is 11.8.